The highest BCUT2D eigenvalue weighted by Gasteiger charge is 2.03. The summed E-state index contributed by atoms with van der Waals surface area (Å²) in [6.07, 6.45) is 1.01. The number of carbonyl (C=O) groups is 1. The number of nitrogens with one attached hydrogen (secondary N) is 1. The molecular formula is C13H20N2O3. The van der Waals surface area contributed by atoms with E-state index in [9.17, 15) is 4.79 Å². The number of hydrazine groups is 1. The smallest absolute Gasteiger partial charge is 0.265 e. The number of ether oxygens (including phenoxy) is 2. The van der Waals surface area contributed by atoms with E-state index in [4.69, 9.17) is 15.3 Å². The van der Waals surface area contributed by atoms with Gasteiger partial charge in [-0.3, -0.25) is 10.2 Å². The summed E-state index contributed by atoms with van der Waals surface area (Å²) in [4.78, 5) is 11.3. The highest BCUT2D eigenvalue weighted by Crippen LogP contribution is 2.06. The predicted octanol–water partition coefficient (Wildman–Crippen LogP) is 1.23. The Morgan fingerprint density at radius 1 is 1.28 bits per heavy atom. The predicted molar refractivity (Wildman–Crippen MR) is 68.9 cm³/mol. The molecule has 0 aliphatic rings. The molecule has 3 N–H and O–H groups in total. The van der Waals surface area contributed by atoms with E-state index in [0.29, 0.717) is 25.4 Å². The average molecular weight is 252 g/mol. The molecule has 5 heteroatoms. The Kier molecular flexibility index (Phi) is 7.01. The van der Waals surface area contributed by atoms with Gasteiger partial charge in [0.15, 0.2) is 0 Å². The summed E-state index contributed by atoms with van der Waals surface area (Å²) >= 11 is 0. The van der Waals surface area contributed by atoms with Crippen molar-refractivity contribution in [1.29, 1.82) is 0 Å². The Balaban J connectivity index is 2.32. The van der Waals surface area contributed by atoms with Crippen molar-refractivity contribution in [1.82, 2.24) is 5.43 Å². The summed E-state index contributed by atoms with van der Waals surface area (Å²) in [7, 11) is 0. The Hall–Kier alpha value is -1.43. The number of nitrogen functional groups attached to an aromatic ring is 1. The van der Waals surface area contributed by atoms with Crippen LogP contribution in [0.3, 0.4) is 0 Å². The second kappa shape index (κ2) is 8.63. The van der Waals surface area contributed by atoms with Crippen LogP contribution < -0.4 is 11.3 Å². The number of hydrogen-bond donors (Lipinski definition) is 2. The van der Waals surface area contributed by atoms with Crippen LogP contribution in [0, 0.1) is 0 Å². The van der Waals surface area contributed by atoms with E-state index in [1.807, 2.05) is 6.07 Å². The quantitative estimate of drug-likeness (QED) is 0.316. The molecule has 0 spiro atoms. The van der Waals surface area contributed by atoms with E-state index >= 15 is 0 Å². The third-order valence-corrected chi connectivity index (χ3v) is 2.31. The zero-order valence-corrected chi connectivity index (χ0v) is 10.6. The minimum absolute atomic E-state index is 0.303. The van der Waals surface area contributed by atoms with Gasteiger partial charge in [-0.1, -0.05) is 19.1 Å². The molecule has 0 saturated carbocycles. The number of carbonyl (C=O) groups excluding carboxylic acids is 1. The molecule has 0 saturated heterocycles. The van der Waals surface area contributed by atoms with Crippen LogP contribution in [0.1, 0.15) is 29.3 Å². The maximum atomic E-state index is 11.3. The highest BCUT2D eigenvalue weighted by atomic mass is 16.5. The van der Waals surface area contributed by atoms with Crippen molar-refractivity contribution in [2.45, 2.75) is 20.0 Å². The van der Waals surface area contributed by atoms with Gasteiger partial charge < -0.3 is 9.47 Å². The van der Waals surface area contributed by atoms with E-state index < -0.39 is 0 Å². The number of amides is 1. The molecule has 1 amide bonds. The van der Waals surface area contributed by atoms with Crippen LogP contribution in [-0.4, -0.2) is 25.7 Å². The minimum Gasteiger partial charge on any atom is -0.379 e. The minimum atomic E-state index is -0.303. The lowest BCUT2D eigenvalue weighted by Gasteiger charge is -2.06. The van der Waals surface area contributed by atoms with Gasteiger partial charge >= 0.3 is 0 Å². The van der Waals surface area contributed by atoms with E-state index in [1.54, 1.807) is 18.2 Å². The van der Waals surface area contributed by atoms with Crippen molar-refractivity contribution in [2.75, 3.05) is 19.8 Å². The van der Waals surface area contributed by atoms with Gasteiger partial charge in [0, 0.05) is 12.2 Å². The number of nitrogens with two attached hydrogens (primary N) is 1. The van der Waals surface area contributed by atoms with E-state index in [1.165, 1.54) is 0 Å². The van der Waals surface area contributed by atoms with E-state index in [-0.39, 0.29) is 5.91 Å². The molecule has 5 nitrogen and oxygen atoms in total. The summed E-state index contributed by atoms with van der Waals surface area (Å²) in [5.74, 6) is 4.77. The first-order valence-electron chi connectivity index (χ1n) is 6.03. The van der Waals surface area contributed by atoms with Crippen molar-refractivity contribution in [2.24, 2.45) is 5.84 Å². The third kappa shape index (κ3) is 5.27. The first-order chi connectivity index (χ1) is 8.77. The van der Waals surface area contributed by atoms with Gasteiger partial charge in [0.1, 0.15) is 0 Å². The summed E-state index contributed by atoms with van der Waals surface area (Å²) in [5, 5.41) is 0. The largest absolute Gasteiger partial charge is 0.379 e. The molecule has 0 radical (unpaired) electrons. The second-order valence-corrected chi connectivity index (χ2v) is 3.84. The van der Waals surface area contributed by atoms with Crippen molar-refractivity contribution < 1.29 is 14.3 Å². The second-order valence-electron chi connectivity index (χ2n) is 3.84. The van der Waals surface area contributed by atoms with Gasteiger partial charge in [-0.15, -0.1) is 0 Å². The van der Waals surface area contributed by atoms with Crippen LogP contribution in [-0.2, 0) is 16.1 Å². The highest BCUT2D eigenvalue weighted by molar-refractivity contribution is 5.93. The number of rotatable bonds is 8. The Morgan fingerprint density at radius 3 is 2.78 bits per heavy atom. The summed E-state index contributed by atoms with van der Waals surface area (Å²) in [6.45, 7) is 4.43. The molecule has 0 fully saturated rings. The zero-order chi connectivity index (χ0) is 13.2. The molecule has 0 unspecified atom stereocenters. The molecule has 0 aliphatic heterocycles. The standard InChI is InChI=1S/C13H20N2O3/c1-2-6-17-7-8-18-10-11-4-3-5-12(9-11)13(16)15-14/h3-5,9H,2,6-8,10,14H2,1H3,(H,15,16). The Bertz CT molecular complexity index is 369. The zero-order valence-electron chi connectivity index (χ0n) is 10.6. The van der Waals surface area contributed by atoms with Crippen molar-refractivity contribution in [3.8, 4) is 0 Å². The van der Waals surface area contributed by atoms with Crippen LogP contribution in [0.15, 0.2) is 24.3 Å². The molecule has 0 atom stereocenters. The fourth-order valence-electron chi connectivity index (χ4n) is 1.44. The molecule has 1 aromatic carbocycles. The average Bonchev–Trinajstić information content (AvgIpc) is 2.42. The molecular weight excluding hydrogens is 232 g/mol. The normalized spacial score (nSPS) is 10.3. The van der Waals surface area contributed by atoms with Crippen LogP contribution in [0.2, 0.25) is 0 Å². The molecule has 0 aliphatic carbocycles. The molecule has 18 heavy (non-hydrogen) atoms. The Labute approximate surface area is 107 Å². The third-order valence-electron chi connectivity index (χ3n) is 2.31. The van der Waals surface area contributed by atoms with Gasteiger partial charge in [-0.05, 0) is 24.1 Å². The van der Waals surface area contributed by atoms with Gasteiger partial charge in [0.25, 0.3) is 5.91 Å². The number of hydrogen-bond acceptors (Lipinski definition) is 4. The van der Waals surface area contributed by atoms with Crippen LogP contribution in [0.5, 0.6) is 0 Å². The van der Waals surface area contributed by atoms with Crippen LogP contribution >= 0.6 is 0 Å². The lowest BCUT2D eigenvalue weighted by Crippen LogP contribution is -2.30. The first kappa shape index (κ1) is 14.6. The summed E-state index contributed by atoms with van der Waals surface area (Å²) in [6, 6.07) is 7.17. The maximum Gasteiger partial charge on any atom is 0.265 e. The molecule has 0 aromatic heterocycles. The fourth-order valence-corrected chi connectivity index (χ4v) is 1.44. The summed E-state index contributed by atoms with van der Waals surface area (Å²) in [5.41, 5.74) is 3.56. The molecule has 100 valence electrons. The Morgan fingerprint density at radius 2 is 2.06 bits per heavy atom. The molecule has 0 bridgehead atoms. The number of benzene rings is 1. The van der Waals surface area contributed by atoms with Gasteiger partial charge in [0.2, 0.25) is 0 Å². The van der Waals surface area contributed by atoms with E-state index in [2.05, 4.69) is 12.3 Å². The van der Waals surface area contributed by atoms with Crippen molar-refractivity contribution >= 4 is 5.91 Å². The topological polar surface area (TPSA) is 73.6 Å². The van der Waals surface area contributed by atoms with Crippen LogP contribution in [0.4, 0.5) is 0 Å². The SMILES string of the molecule is CCCOCCOCc1cccc(C(=O)NN)c1. The van der Waals surface area contributed by atoms with Gasteiger partial charge in [0.05, 0.1) is 19.8 Å². The summed E-state index contributed by atoms with van der Waals surface area (Å²) < 4.78 is 10.7. The molecule has 0 heterocycles. The molecule has 1 rings (SSSR count). The lowest BCUT2D eigenvalue weighted by atomic mass is 10.1. The lowest BCUT2D eigenvalue weighted by molar-refractivity contribution is 0.0408. The molecule has 1 aromatic rings. The van der Waals surface area contributed by atoms with E-state index in [0.717, 1.165) is 18.6 Å². The maximum absolute atomic E-state index is 11.3. The first-order valence-corrected chi connectivity index (χ1v) is 6.03. The fraction of sp³-hybridized carbons (Fsp3) is 0.462. The van der Waals surface area contributed by atoms with Crippen molar-refractivity contribution in [3.05, 3.63) is 35.4 Å². The van der Waals surface area contributed by atoms with Gasteiger partial charge in [-0.25, -0.2) is 5.84 Å². The van der Waals surface area contributed by atoms with Crippen LogP contribution in [0.25, 0.3) is 0 Å². The van der Waals surface area contributed by atoms with Crippen molar-refractivity contribution in [3.63, 3.8) is 0 Å². The monoisotopic (exact) mass is 252 g/mol. The van der Waals surface area contributed by atoms with Gasteiger partial charge in [-0.2, -0.15) is 0 Å².